The van der Waals surface area contributed by atoms with Gasteiger partial charge in [0.2, 0.25) is 10.0 Å². The highest BCUT2D eigenvalue weighted by Crippen LogP contribution is 2.25. The van der Waals surface area contributed by atoms with E-state index in [4.69, 9.17) is 4.74 Å². The normalized spacial score (nSPS) is 16.6. The van der Waals surface area contributed by atoms with E-state index in [0.717, 1.165) is 35.5 Å². The fraction of sp³-hybridized carbons (Fsp3) is 0.455. The lowest BCUT2D eigenvalue weighted by Crippen LogP contribution is -2.43. The van der Waals surface area contributed by atoms with Crippen LogP contribution in [0.1, 0.15) is 22.7 Å². The molecule has 0 spiro atoms. The van der Waals surface area contributed by atoms with Crippen LogP contribution >= 0.6 is 0 Å². The van der Waals surface area contributed by atoms with Gasteiger partial charge in [0.15, 0.2) is 0 Å². The van der Waals surface area contributed by atoms with Gasteiger partial charge in [-0.15, -0.1) is 0 Å². The van der Waals surface area contributed by atoms with Gasteiger partial charge < -0.3 is 9.64 Å². The van der Waals surface area contributed by atoms with Gasteiger partial charge in [-0.1, -0.05) is 24.3 Å². The Balaban J connectivity index is 1.84. The first-order valence-electron chi connectivity index (χ1n) is 9.94. The molecule has 158 valence electrons. The van der Waals surface area contributed by atoms with E-state index in [-0.39, 0.29) is 6.04 Å². The molecule has 2 aromatic rings. The molecule has 1 heterocycles. The van der Waals surface area contributed by atoms with Crippen molar-refractivity contribution in [2.45, 2.75) is 24.8 Å². The molecule has 29 heavy (non-hydrogen) atoms. The van der Waals surface area contributed by atoms with Crippen molar-refractivity contribution in [2.24, 2.45) is 0 Å². The summed E-state index contributed by atoms with van der Waals surface area (Å²) in [6.07, 6.45) is 0. The zero-order valence-corrected chi connectivity index (χ0v) is 18.5. The quantitative estimate of drug-likeness (QED) is 0.751. The number of aryl methyl sites for hydroxylation is 2. The van der Waals surface area contributed by atoms with Crippen LogP contribution < -0.4 is 9.62 Å². The zero-order valence-electron chi connectivity index (χ0n) is 17.7. The smallest absolute Gasteiger partial charge is 0.240 e. The summed E-state index contributed by atoms with van der Waals surface area (Å²) in [7, 11) is 0.421. The van der Waals surface area contributed by atoms with E-state index < -0.39 is 10.0 Å². The van der Waals surface area contributed by atoms with Crippen LogP contribution in [0.15, 0.2) is 47.4 Å². The van der Waals surface area contributed by atoms with E-state index in [1.54, 1.807) is 6.07 Å². The molecule has 0 aliphatic carbocycles. The Labute approximate surface area is 174 Å². The van der Waals surface area contributed by atoms with Crippen molar-refractivity contribution in [3.63, 3.8) is 0 Å². The minimum atomic E-state index is -3.59. The molecule has 0 amide bonds. The number of nitrogens with zero attached hydrogens (tertiary/aromatic N) is 2. The van der Waals surface area contributed by atoms with Gasteiger partial charge in [0.1, 0.15) is 0 Å². The number of sulfonamides is 1. The third-order valence-electron chi connectivity index (χ3n) is 5.38. The summed E-state index contributed by atoms with van der Waals surface area (Å²) in [4.78, 5) is 4.69. The highest BCUT2D eigenvalue weighted by atomic mass is 32.2. The van der Waals surface area contributed by atoms with E-state index in [1.807, 2.05) is 40.1 Å². The summed E-state index contributed by atoms with van der Waals surface area (Å²) in [5, 5.41) is 0. The monoisotopic (exact) mass is 417 g/mol. The highest BCUT2D eigenvalue weighted by molar-refractivity contribution is 7.89. The van der Waals surface area contributed by atoms with Crippen molar-refractivity contribution in [3.05, 3.63) is 59.2 Å². The van der Waals surface area contributed by atoms with Crippen LogP contribution in [0, 0.1) is 13.8 Å². The number of hydrogen-bond donors (Lipinski definition) is 1. The van der Waals surface area contributed by atoms with Crippen molar-refractivity contribution in [2.75, 3.05) is 51.8 Å². The summed E-state index contributed by atoms with van der Waals surface area (Å²) in [5.41, 5.74) is 3.90. The Kier molecular flexibility index (Phi) is 6.95. The topological polar surface area (TPSA) is 61.9 Å². The number of nitrogens with one attached hydrogen (secondary N) is 1. The molecule has 1 aliphatic rings. The summed E-state index contributed by atoms with van der Waals surface area (Å²) >= 11 is 0. The zero-order chi connectivity index (χ0) is 21.0. The SMILES string of the molecule is Cc1ccc(C)c(S(=O)(=O)NC[C@@H](c2ccc(N(C)C)cc2)N2CCOCC2)c1. The van der Waals surface area contributed by atoms with Crippen molar-refractivity contribution in [3.8, 4) is 0 Å². The fourth-order valence-corrected chi connectivity index (χ4v) is 4.97. The molecule has 2 aromatic carbocycles. The van der Waals surface area contributed by atoms with Gasteiger partial charge >= 0.3 is 0 Å². The minimum Gasteiger partial charge on any atom is -0.379 e. The molecular formula is C22H31N3O3S. The standard InChI is InChI=1S/C22H31N3O3S/c1-17-5-6-18(2)22(15-17)29(26,27)23-16-21(25-11-13-28-14-12-25)19-7-9-20(10-8-19)24(3)4/h5-10,15,21,23H,11-14,16H2,1-4H3/t21-/m0/s1. The lowest BCUT2D eigenvalue weighted by molar-refractivity contribution is 0.0172. The summed E-state index contributed by atoms with van der Waals surface area (Å²) < 4.78 is 34.4. The first kappa shape index (κ1) is 21.8. The molecule has 1 saturated heterocycles. The maximum atomic E-state index is 13.0. The van der Waals surface area contributed by atoms with Gasteiger partial charge in [-0.25, -0.2) is 13.1 Å². The van der Waals surface area contributed by atoms with Crippen molar-refractivity contribution in [1.82, 2.24) is 9.62 Å². The van der Waals surface area contributed by atoms with Crippen LogP contribution in [0.25, 0.3) is 0 Å². The van der Waals surface area contributed by atoms with Gasteiger partial charge in [-0.2, -0.15) is 0 Å². The van der Waals surface area contributed by atoms with Crippen molar-refractivity contribution in [1.29, 1.82) is 0 Å². The maximum Gasteiger partial charge on any atom is 0.240 e. The largest absolute Gasteiger partial charge is 0.379 e. The number of anilines is 1. The number of rotatable bonds is 7. The second-order valence-electron chi connectivity index (χ2n) is 7.77. The third kappa shape index (κ3) is 5.36. The van der Waals surface area contributed by atoms with E-state index in [2.05, 4.69) is 38.8 Å². The predicted molar refractivity (Wildman–Crippen MR) is 117 cm³/mol. The molecule has 0 unspecified atom stereocenters. The average Bonchev–Trinajstić information content (AvgIpc) is 2.71. The second-order valence-corrected chi connectivity index (χ2v) is 9.51. The highest BCUT2D eigenvalue weighted by Gasteiger charge is 2.26. The lowest BCUT2D eigenvalue weighted by Gasteiger charge is -2.35. The predicted octanol–water partition coefficient (Wildman–Crippen LogP) is 2.72. The van der Waals surface area contributed by atoms with Crippen molar-refractivity contribution < 1.29 is 13.2 Å². The molecular weight excluding hydrogens is 386 g/mol. The van der Waals surface area contributed by atoms with Gasteiger partial charge in [0.25, 0.3) is 0 Å². The maximum absolute atomic E-state index is 13.0. The van der Waals surface area contributed by atoms with Crippen LogP contribution in [-0.2, 0) is 14.8 Å². The molecule has 3 rings (SSSR count). The van der Waals surface area contributed by atoms with Crippen LogP contribution in [0.3, 0.4) is 0 Å². The van der Waals surface area contributed by atoms with E-state index in [0.29, 0.717) is 24.7 Å². The van der Waals surface area contributed by atoms with Gasteiger partial charge in [-0.3, -0.25) is 4.90 Å². The summed E-state index contributed by atoms with van der Waals surface area (Å²) in [6, 6.07) is 13.8. The number of ether oxygens (including phenoxy) is 1. The van der Waals surface area contributed by atoms with Gasteiger partial charge in [-0.05, 0) is 48.7 Å². The summed E-state index contributed by atoms with van der Waals surface area (Å²) in [6.45, 7) is 6.94. The molecule has 1 atom stereocenters. The molecule has 0 radical (unpaired) electrons. The Morgan fingerprint density at radius 3 is 2.34 bits per heavy atom. The Hall–Kier alpha value is -1.93. The molecule has 1 N–H and O–H groups in total. The fourth-order valence-electron chi connectivity index (χ4n) is 3.60. The Morgan fingerprint density at radius 2 is 1.72 bits per heavy atom. The number of morpholine rings is 1. The number of hydrogen-bond acceptors (Lipinski definition) is 5. The first-order valence-corrected chi connectivity index (χ1v) is 11.4. The van der Waals surface area contributed by atoms with Gasteiger partial charge in [0.05, 0.1) is 18.1 Å². The van der Waals surface area contributed by atoms with Crippen LogP contribution in [0.2, 0.25) is 0 Å². The second kappa shape index (κ2) is 9.26. The van der Waals surface area contributed by atoms with E-state index in [1.165, 1.54) is 0 Å². The molecule has 7 heteroatoms. The molecule has 6 nitrogen and oxygen atoms in total. The van der Waals surface area contributed by atoms with E-state index in [9.17, 15) is 8.42 Å². The molecule has 0 saturated carbocycles. The van der Waals surface area contributed by atoms with E-state index >= 15 is 0 Å². The third-order valence-corrected chi connectivity index (χ3v) is 6.95. The average molecular weight is 418 g/mol. The van der Waals surface area contributed by atoms with Crippen LogP contribution in [0.5, 0.6) is 0 Å². The molecule has 0 aromatic heterocycles. The number of benzene rings is 2. The Morgan fingerprint density at radius 1 is 1.07 bits per heavy atom. The molecule has 1 fully saturated rings. The lowest BCUT2D eigenvalue weighted by atomic mass is 10.0. The first-order chi connectivity index (χ1) is 13.8. The molecule has 0 bridgehead atoms. The Bertz CT molecular complexity index is 921. The minimum absolute atomic E-state index is 0.0463. The van der Waals surface area contributed by atoms with Crippen LogP contribution in [-0.4, -0.2) is 60.3 Å². The molecule has 1 aliphatic heterocycles. The van der Waals surface area contributed by atoms with Crippen molar-refractivity contribution >= 4 is 15.7 Å². The summed E-state index contributed by atoms with van der Waals surface area (Å²) in [5.74, 6) is 0. The van der Waals surface area contributed by atoms with Gasteiger partial charge in [0, 0.05) is 45.5 Å². The van der Waals surface area contributed by atoms with Crippen LogP contribution in [0.4, 0.5) is 5.69 Å².